The average Bonchev–Trinajstić information content (AvgIpc) is 2.99. The molecule has 3 aromatic rings. The Morgan fingerprint density at radius 2 is 1.44 bits per heavy atom. The Hall–Kier alpha value is -4.53. The number of hydrogen-bond donors (Lipinski definition) is 3. The zero-order valence-electron chi connectivity index (χ0n) is 17.1. The predicted octanol–water partition coefficient (Wildman–Crippen LogP) is 4.32. The molecule has 1 fully saturated rings. The lowest BCUT2D eigenvalue weighted by Gasteiger charge is -2.21. The maximum Gasteiger partial charge on any atom is 0.437 e. The Kier molecular flexibility index (Phi) is 6.59. The summed E-state index contributed by atoms with van der Waals surface area (Å²) in [5.41, 5.74) is 6.58. The third-order valence-corrected chi connectivity index (χ3v) is 4.48. The first-order valence-electron chi connectivity index (χ1n) is 9.50. The van der Waals surface area contributed by atoms with Gasteiger partial charge in [-0.1, -0.05) is 48.5 Å². The van der Waals surface area contributed by atoms with Gasteiger partial charge in [0.05, 0.1) is 5.69 Å². The van der Waals surface area contributed by atoms with Gasteiger partial charge in [-0.15, -0.1) is 5.01 Å². The SMILES string of the molecule is CC1(c2ccc(Oc3ccccc3)cc2)OC(=O)N(Nc2ccccc2)C1=O.NC(=O)O. The van der Waals surface area contributed by atoms with Crippen molar-refractivity contribution in [3.63, 3.8) is 0 Å². The number of primary amides is 1. The van der Waals surface area contributed by atoms with E-state index in [4.69, 9.17) is 19.4 Å². The molecule has 1 unspecified atom stereocenters. The van der Waals surface area contributed by atoms with Crippen LogP contribution < -0.4 is 15.9 Å². The fraction of sp³-hybridized carbons (Fsp3) is 0.0870. The Bertz CT molecular complexity index is 1090. The number of nitrogens with two attached hydrogens (primary N) is 1. The maximum atomic E-state index is 12.9. The van der Waals surface area contributed by atoms with Gasteiger partial charge in [-0.05, 0) is 43.3 Å². The van der Waals surface area contributed by atoms with Gasteiger partial charge in [0, 0.05) is 5.56 Å². The van der Waals surface area contributed by atoms with Gasteiger partial charge < -0.3 is 20.3 Å². The van der Waals surface area contributed by atoms with Crippen LogP contribution in [0.4, 0.5) is 15.3 Å². The van der Waals surface area contributed by atoms with Crippen molar-refractivity contribution in [3.8, 4) is 11.5 Å². The second kappa shape index (κ2) is 9.52. The van der Waals surface area contributed by atoms with Gasteiger partial charge in [0.1, 0.15) is 11.5 Å². The summed E-state index contributed by atoms with van der Waals surface area (Å²) in [5, 5.41) is 8.09. The third kappa shape index (κ3) is 5.14. The number of rotatable bonds is 5. The Labute approximate surface area is 183 Å². The molecule has 4 rings (SSSR count). The van der Waals surface area contributed by atoms with Gasteiger partial charge >= 0.3 is 12.2 Å². The van der Waals surface area contributed by atoms with Crippen molar-refractivity contribution < 1.29 is 29.0 Å². The number of imide groups is 1. The second-order valence-electron chi connectivity index (χ2n) is 6.80. The molecule has 0 saturated carbocycles. The molecule has 1 aliphatic rings. The highest BCUT2D eigenvalue weighted by Gasteiger charge is 2.52. The quantitative estimate of drug-likeness (QED) is 0.544. The fourth-order valence-corrected chi connectivity index (χ4v) is 2.95. The van der Waals surface area contributed by atoms with Gasteiger partial charge in [0.2, 0.25) is 5.60 Å². The molecule has 4 N–H and O–H groups in total. The average molecular weight is 435 g/mol. The summed E-state index contributed by atoms with van der Waals surface area (Å²) in [6.07, 6.45) is -2.08. The van der Waals surface area contributed by atoms with Crippen molar-refractivity contribution in [2.45, 2.75) is 12.5 Å². The minimum atomic E-state index is -1.41. The van der Waals surface area contributed by atoms with Crippen molar-refractivity contribution >= 4 is 23.8 Å². The van der Waals surface area contributed by atoms with Crippen molar-refractivity contribution in [1.82, 2.24) is 5.01 Å². The number of nitrogens with zero attached hydrogens (tertiary/aromatic N) is 1. The van der Waals surface area contributed by atoms with E-state index in [1.807, 2.05) is 36.4 Å². The Morgan fingerprint density at radius 1 is 0.938 bits per heavy atom. The highest BCUT2D eigenvalue weighted by atomic mass is 16.6. The Balaban J connectivity index is 0.000000668. The molecule has 3 amide bonds. The van der Waals surface area contributed by atoms with Crippen LogP contribution in [0.1, 0.15) is 12.5 Å². The normalized spacial score (nSPS) is 17.1. The van der Waals surface area contributed by atoms with Crippen LogP contribution >= 0.6 is 0 Å². The molecule has 164 valence electrons. The summed E-state index contributed by atoms with van der Waals surface area (Å²) in [4.78, 5) is 34.0. The summed E-state index contributed by atoms with van der Waals surface area (Å²) in [7, 11) is 0. The van der Waals surface area contributed by atoms with Gasteiger partial charge in [-0.3, -0.25) is 10.2 Å². The minimum Gasteiger partial charge on any atom is -0.465 e. The third-order valence-electron chi connectivity index (χ3n) is 4.48. The standard InChI is InChI=1S/C22H18N2O4.CH3NO2/c1-22(16-12-14-19(15-13-16)27-18-10-6-3-7-11-18)20(25)24(21(26)28-22)23-17-8-4-2-5-9-17;2-1(3)4/h2-15,23H,1H3;2H2,(H,3,4). The second-order valence-corrected chi connectivity index (χ2v) is 6.80. The zero-order valence-corrected chi connectivity index (χ0v) is 17.1. The lowest BCUT2D eigenvalue weighted by atomic mass is 9.95. The number of carbonyl (C=O) groups excluding carboxylic acids is 2. The first-order chi connectivity index (χ1) is 15.3. The summed E-state index contributed by atoms with van der Waals surface area (Å²) >= 11 is 0. The number of amides is 3. The summed E-state index contributed by atoms with van der Waals surface area (Å²) in [6, 6.07) is 25.3. The van der Waals surface area contributed by atoms with Crippen LogP contribution in [-0.2, 0) is 15.1 Å². The molecule has 1 saturated heterocycles. The van der Waals surface area contributed by atoms with Crippen LogP contribution in [0.5, 0.6) is 11.5 Å². The van der Waals surface area contributed by atoms with E-state index in [0.717, 1.165) is 5.01 Å². The number of para-hydroxylation sites is 2. The van der Waals surface area contributed by atoms with Crippen molar-refractivity contribution in [1.29, 1.82) is 0 Å². The van der Waals surface area contributed by atoms with Gasteiger partial charge in [-0.2, -0.15) is 0 Å². The predicted molar refractivity (Wildman–Crippen MR) is 116 cm³/mol. The van der Waals surface area contributed by atoms with Gasteiger partial charge in [0.15, 0.2) is 0 Å². The first-order valence-corrected chi connectivity index (χ1v) is 9.50. The summed E-state index contributed by atoms with van der Waals surface area (Å²) < 4.78 is 11.2. The fourth-order valence-electron chi connectivity index (χ4n) is 2.95. The van der Waals surface area contributed by atoms with Crippen LogP contribution in [0.15, 0.2) is 84.9 Å². The van der Waals surface area contributed by atoms with Crippen LogP contribution in [0, 0.1) is 0 Å². The van der Waals surface area contributed by atoms with E-state index in [9.17, 15) is 9.59 Å². The molecule has 0 radical (unpaired) electrons. The monoisotopic (exact) mass is 435 g/mol. The molecular formula is C23H21N3O6. The number of nitrogens with one attached hydrogen (secondary N) is 1. The summed E-state index contributed by atoms with van der Waals surface area (Å²) in [5.74, 6) is 0.843. The molecule has 32 heavy (non-hydrogen) atoms. The molecule has 0 spiro atoms. The van der Waals surface area contributed by atoms with Gasteiger partial charge in [0.25, 0.3) is 5.91 Å². The number of benzene rings is 3. The van der Waals surface area contributed by atoms with E-state index in [1.165, 1.54) is 0 Å². The number of carboxylic acid groups (broad SMARTS) is 1. The number of anilines is 1. The van der Waals surface area contributed by atoms with E-state index in [1.54, 1.807) is 55.5 Å². The number of cyclic esters (lactones) is 1. The number of ether oxygens (including phenoxy) is 2. The summed E-state index contributed by atoms with van der Waals surface area (Å²) in [6.45, 7) is 1.58. The molecule has 9 nitrogen and oxygen atoms in total. The van der Waals surface area contributed by atoms with Crippen LogP contribution in [0.25, 0.3) is 0 Å². The van der Waals surface area contributed by atoms with Crippen LogP contribution in [-0.4, -0.2) is 28.2 Å². The largest absolute Gasteiger partial charge is 0.465 e. The lowest BCUT2D eigenvalue weighted by molar-refractivity contribution is -0.135. The molecule has 1 aliphatic heterocycles. The smallest absolute Gasteiger partial charge is 0.437 e. The Morgan fingerprint density at radius 3 is 2.00 bits per heavy atom. The lowest BCUT2D eigenvalue weighted by Crippen LogP contribution is -2.39. The highest BCUT2D eigenvalue weighted by molar-refractivity contribution is 6.04. The van der Waals surface area contributed by atoms with E-state index in [2.05, 4.69) is 11.2 Å². The number of hydrogen-bond acceptors (Lipinski definition) is 6. The highest BCUT2D eigenvalue weighted by Crippen LogP contribution is 2.35. The number of carbonyl (C=O) groups is 3. The van der Waals surface area contributed by atoms with E-state index in [-0.39, 0.29) is 0 Å². The molecule has 0 aromatic heterocycles. The van der Waals surface area contributed by atoms with E-state index < -0.39 is 23.7 Å². The first kappa shape index (κ1) is 22.2. The molecule has 3 aromatic carbocycles. The zero-order chi connectivity index (χ0) is 23.1. The van der Waals surface area contributed by atoms with Crippen molar-refractivity contribution in [3.05, 3.63) is 90.5 Å². The molecule has 1 atom stereocenters. The molecular weight excluding hydrogens is 414 g/mol. The van der Waals surface area contributed by atoms with Crippen molar-refractivity contribution in [2.75, 3.05) is 5.43 Å². The number of hydrazine groups is 1. The topological polar surface area (TPSA) is 131 Å². The van der Waals surface area contributed by atoms with E-state index >= 15 is 0 Å². The molecule has 9 heteroatoms. The molecule has 0 bridgehead atoms. The van der Waals surface area contributed by atoms with Crippen molar-refractivity contribution in [2.24, 2.45) is 5.73 Å². The maximum absolute atomic E-state index is 12.9. The van der Waals surface area contributed by atoms with Crippen LogP contribution in [0.2, 0.25) is 0 Å². The van der Waals surface area contributed by atoms with Crippen LogP contribution in [0.3, 0.4) is 0 Å². The van der Waals surface area contributed by atoms with E-state index in [0.29, 0.717) is 22.7 Å². The molecule has 1 heterocycles. The van der Waals surface area contributed by atoms with Gasteiger partial charge in [-0.25, -0.2) is 9.59 Å². The minimum absolute atomic E-state index is 0.488. The molecule has 0 aliphatic carbocycles.